The van der Waals surface area contributed by atoms with Crippen molar-refractivity contribution in [2.24, 2.45) is 0 Å². The van der Waals surface area contributed by atoms with Gasteiger partial charge in [-0.3, -0.25) is 14.8 Å². The quantitative estimate of drug-likeness (QED) is 0.889. The summed E-state index contributed by atoms with van der Waals surface area (Å²) in [5.74, 6) is 0.223. The number of carbonyl (C=O) groups is 2. The first-order valence-electron chi connectivity index (χ1n) is 7.89. The van der Waals surface area contributed by atoms with Crippen LogP contribution >= 0.6 is 0 Å². The summed E-state index contributed by atoms with van der Waals surface area (Å²) in [6, 6.07) is 9.99. The number of nitrogens with one attached hydrogen (secondary N) is 2. The maximum Gasteiger partial charge on any atom is 0.320 e. The molecule has 1 aromatic carbocycles. The van der Waals surface area contributed by atoms with Gasteiger partial charge >= 0.3 is 6.03 Å². The highest BCUT2D eigenvalue weighted by molar-refractivity contribution is 5.95. The molecule has 1 aromatic heterocycles. The molecule has 2 N–H and O–H groups in total. The molecule has 0 bridgehead atoms. The SMILES string of the molecule is C[C@H](NC(=O)Nc1cc2n(n1)CCN(C)C2=O)c1ccc(C#N)cc1. The summed E-state index contributed by atoms with van der Waals surface area (Å²) in [5.41, 5.74) is 1.91. The van der Waals surface area contributed by atoms with Gasteiger partial charge in [-0.1, -0.05) is 12.1 Å². The number of anilines is 1. The van der Waals surface area contributed by atoms with E-state index in [1.165, 1.54) is 0 Å². The zero-order valence-corrected chi connectivity index (χ0v) is 14.0. The van der Waals surface area contributed by atoms with E-state index in [9.17, 15) is 9.59 Å². The topological polar surface area (TPSA) is 103 Å². The second kappa shape index (κ2) is 6.65. The highest BCUT2D eigenvalue weighted by atomic mass is 16.2. The van der Waals surface area contributed by atoms with Crippen LogP contribution < -0.4 is 10.6 Å². The first-order chi connectivity index (χ1) is 12.0. The number of hydrogen-bond acceptors (Lipinski definition) is 4. The number of hydrogen-bond donors (Lipinski definition) is 2. The summed E-state index contributed by atoms with van der Waals surface area (Å²) in [7, 11) is 1.73. The Hall–Kier alpha value is -3.34. The fraction of sp³-hybridized carbons (Fsp3) is 0.294. The molecule has 3 amide bonds. The zero-order valence-electron chi connectivity index (χ0n) is 14.0. The fourth-order valence-electron chi connectivity index (χ4n) is 2.64. The summed E-state index contributed by atoms with van der Waals surface area (Å²) >= 11 is 0. The summed E-state index contributed by atoms with van der Waals surface area (Å²) in [4.78, 5) is 25.8. The summed E-state index contributed by atoms with van der Waals surface area (Å²) in [6.07, 6.45) is 0. The van der Waals surface area contributed by atoms with E-state index >= 15 is 0 Å². The molecule has 2 heterocycles. The average molecular weight is 338 g/mol. The third-order valence-electron chi connectivity index (χ3n) is 4.12. The predicted molar refractivity (Wildman–Crippen MR) is 90.9 cm³/mol. The lowest BCUT2D eigenvalue weighted by atomic mass is 10.1. The number of fused-ring (bicyclic) bond motifs is 1. The van der Waals surface area contributed by atoms with Crippen molar-refractivity contribution in [2.75, 3.05) is 18.9 Å². The Bertz CT molecular complexity index is 849. The van der Waals surface area contributed by atoms with E-state index in [0.29, 0.717) is 30.2 Å². The third kappa shape index (κ3) is 3.45. The molecule has 0 radical (unpaired) electrons. The van der Waals surface area contributed by atoms with E-state index in [2.05, 4.69) is 21.8 Å². The van der Waals surface area contributed by atoms with E-state index in [1.807, 2.05) is 6.92 Å². The van der Waals surface area contributed by atoms with Crippen LogP contribution in [0.5, 0.6) is 0 Å². The minimum atomic E-state index is -0.409. The van der Waals surface area contributed by atoms with Crippen LogP contribution in [0, 0.1) is 11.3 Å². The molecule has 1 atom stereocenters. The Kier molecular flexibility index (Phi) is 4.39. The maximum absolute atomic E-state index is 12.2. The molecular weight excluding hydrogens is 320 g/mol. The summed E-state index contributed by atoms with van der Waals surface area (Å²) in [6.45, 7) is 3.04. The molecule has 8 nitrogen and oxygen atoms in total. The minimum Gasteiger partial charge on any atom is -0.339 e. The lowest BCUT2D eigenvalue weighted by Gasteiger charge is -2.22. The average Bonchev–Trinajstić information content (AvgIpc) is 3.01. The molecule has 0 fully saturated rings. The number of urea groups is 1. The van der Waals surface area contributed by atoms with Gasteiger partial charge in [-0.15, -0.1) is 0 Å². The molecule has 1 aliphatic heterocycles. The van der Waals surface area contributed by atoms with Gasteiger partial charge in [0.15, 0.2) is 5.82 Å². The van der Waals surface area contributed by atoms with Crippen molar-refractivity contribution in [3.8, 4) is 6.07 Å². The van der Waals surface area contributed by atoms with Gasteiger partial charge in [0.25, 0.3) is 5.91 Å². The predicted octanol–water partition coefficient (Wildman–Crippen LogP) is 1.72. The van der Waals surface area contributed by atoms with Crippen LogP contribution in [0.1, 0.15) is 34.6 Å². The number of nitrogens with zero attached hydrogens (tertiary/aromatic N) is 4. The number of benzene rings is 1. The van der Waals surface area contributed by atoms with E-state index in [4.69, 9.17) is 5.26 Å². The van der Waals surface area contributed by atoms with Gasteiger partial charge in [0.1, 0.15) is 5.69 Å². The van der Waals surface area contributed by atoms with Gasteiger partial charge in [-0.05, 0) is 24.6 Å². The summed E-state index contributed by atoms with van der Waals surface area (Å²) < 4.78 is 1.60. The number of amides is 3. The normalized spacial score (nSPS) is 14.4. The Morgan fingerprint density at radius 2 is 2.04 bits per heavy atom. The number of nitriles is 1. The molecule has 8 heteroatoms. The smallest absolute Gasteiger partial charge is 0.320 e. The molecular formula is C17H18N6O2. The molecule has 0 unspecified atom stereocenters. The van der Waals surface area contributed by atoms with Crippen molar-refractivity contribution < 1.29 is 9.59 Å². The standard InChI is InChI=1S/C17H18N6O2/c1-11(13-5-3-12(10-18)4-6-13)19-17(25)20-15-9-14-16(24)22(2)7-8-23(14)21-15/h3-6,9,11H,7-8H2,1-2H3,(H2,19,20,21,25)/t11-/m0/s1. The monoisotopic (exact) mass is 338 g/mol. The first kappa shape index (κ1) is 16.5. The fourth-order valence-corrected chi connectivity index (χ4v) is 2.64. The Morgan fingerprint density at radius 3 is 2.72 bits per heavy atom. The molecule has 2 aromatic rings. The van der Waals surface area contributed by atoms with Crippen LogP contribution in [-0.2, 0) is 6.54 Å². The third-order valence-corrected chi connectivity index (χ3v) is 4.12. The molecule has 0 spiro atoms. The molecule has 1 aliphatic rings. The number of rotatable bonds is 3. The van der Waals surface area contributed by atoms with Crippen LogP contribution in [0.2, 0.25) is 0 Å². The number of carbonyl (C=O) groups excluding carboxylic acids is 2. The van der Waals surface area contributed by atoms with E-state index < -0.39 is 6.03 Å². The second-order valence-electron chi connectivity index (χ2n) is 5.92. The maximum atomic E-state index is 12.2. The van der Waals surface area contributed by atoms with Crippen molar-refractivity contribution in [1.29, 1.82) is 5.26 Å². The zero-order chi connectivity index (χ0) is 18.0. The highest BCUT2D eigenvalue weighted by Crippen LogP contribution is 2.16. The Labute approximate surface area is 145 Å². The van der Waals surface area contributed by atoms with Crippen molar-refractivity contribution >= 4 is 17.8 Å². The molecule has 25 heavy (non-hydrogen) atoms. The lowest BCUT2D eigenvalue weighted by Crippen LogP contribution is -2.37. The Morgan fingerprint density at radius 1 is 1.32 bits per heavy atom. The van der Waals surface area contributed by atoms with E-state index in [0.717, 1.165) is 5.56 Å². The van der Waals surface area contributed by atoms with Crippen molar-refractivity contribution in [1.82, 2.24) is 20.0 Å². The van der Waals surface area contributed by atoms with Gasteiger partial charge in [-0.2, -0.15) is 10.4 Å². The largest absolute Gasteiger partial charge is 0.339 e. The molecule has 3 rings (SSSR count). The minimum absolute atomic E-state index is 0.113. The van der Waals surface area contributed by atoms with Crippen LogP contribution in [0.25, 0.3) is 0 Å². The van der Waals surface area contributed by atoms with Crippen LogP contribution in [0.4, 0.5) is 10.6 Å². The van der Waals surface area contributed by atoms with E-state index in [1.54, 1.807) is 47.0 Å². The first-order valence-corrected chi connectivity index (χ1v) is 7.89. The Balaban J connectivity index is 1.64. The van der Waals surface area contributed by atoms with Gasteiger partial charge in [0.05, 0.1) is 24.2 Å². The lowest BCUT2D eigenvalue weighted by molar-refractivity contribution is 0.0743. The number of aromatic nitrogens is 2. The van der Waals surface area contributed by atoms with Crippen molar-refractivity contribution in [3.05, 3.63) is 47.2 Å². The molecule has 0 aliphatic carbocycles. The van der Waals surface area contributed by atoms with Gasteiger partial charge in [-0.25, -0.2) is 4.79 Å². The molecule has 0 saturated carbocycles. The summed E-state index contributed by atoms with van der Waals surface area (Å²) in [5, 5.41) is 18.5. The van der Waals surface area contributed by atoms with Crippen molar-refractivity contribution in [3.63, 3.8) is 0 Å². The van der Waals surface area contributed by atoms with Gasteiger partial charge < -0.3 is 10.2 Å². The van der Waals surface area contributed by atoms with E-state index in [-0.39, 0.29) is 11.9 Å². The molecule has 0 saturated heterocycles. The van der Waals surface area contributed by atoms with Crippen LogP contribution in [0.15, 0.2) is 30.3 Å². The van der Waals surface area contributed by atoms with Crippen LogP contribution in [0.3, 0.4) is 0 Å². The van der Waals surface area contributed by atoms with Crippen molar-refractivity contribution in [2.45, 2.75) is 19.5 Å². The van der Waals surface area contributed by atoms with Crippen LogP contribution in [-0.4, -0.2) is 40.2 Å². The number of likely N-dealkylation sites (N-methyl/N-ethyl adjacent to an activating group) is 1. The van der Waals surface area contributed by atoms with Gasteiger partial charge in [0.2, 0.25) is 0 Å². The molecule has 128 valence electrons. The highest BCUT2D eigenvalue weighted by Gasteiger charge is 2.24. The van der Waals surface area contributed by atoms with Gasteiger partial charge in [0, 0.05) is 19.7 Å². The second-order valence-corrected chi connectivity index (χ2v) is 5.92.